The zero-order chi connectivity index (χ0) is 11.1. The van der Waals surface area contributed by atoms with Crippen molar-refractivity contribution < 1.29 is 4.74 Å². The van der Waals surface area contributed by atoms with E-state index in [-0.39, 0.29) is 0 Å². The molecule has 1 aliphatic heterocycles. The van der Waals surface area contributed by atoms with Crippen molar-refractivity contribution in [3.8, 4) is 5.75 Å². The van der Waals surface area contributed by atoms with Crippen LogP contribution in [0.1, 0.15) is 35.4 Å². The van der Waals surface area contributed by atoms with E-state index in [9.17, 15) is 0 Å². The van der Waals surface area contributed by atoms with E-state index in [4.69, 9.17) is 4.74 Å². The molecule has 0 bridgehead atoms. The Hall–Kier alpha value is -1.02. The highest BCUT2D eigenvalue weighted by Crippen LogP contribution is 2.41. The number of hydrogen-bond acceptors (Lipinski definition) is 2. The molecular formula is C14H19NO. The first-order valence-electron chi connectivity index (χ1n) is 6.17. The molecule has 2 heteroatoms. The van der Waals surface area contributed by atoms with Crippen LogP contribution in [0.3, 0.4) is 0 Å². The maximum Gasteiger partial charge on any atom is 0.123 e. The van der Waals surface area contributed by atoms with Gasteiger partial charge in [0.2, 0.25) is 0 Å². The molecule has 3 rings (SSSR count). The van der Waals surface area contributed by atoms with Gasteiger partial charge in [0.15, 0.2) is 0 Å². The van der Waals surface area contributed by atoms with Crippen LogP contribution in [0.2, 0.25) is 0 Å². The lowest BCUT2D eigenvalue weighted by Gasteiger charge is -2.37. The molecule has 0 aromatic heterocycles. The minimum absolute atomic E-state index is 0.743. The van der Waals surface area contributed by atoms with E-state index in [0.717, 1.165) is 18.2 Å². The van der Waals surface area contributed by atoms with Crippen LogP contribution in [0.4, 0.5) is 0 Å². The molecule has 86 valence electrons. The summed E-state index contributed by atoms with van der Waals surface area (Å²) in [5.41, 5.74) is 4.63. The molecule has 16 heavy (non-hydrogen) atoms. The van der Waals surface area contributed by atoms with Gasteiger partial charge in [0.25, 0.3) is 0 Å². The second kappa shape index (κ2) is 3.77. The fourth-order valence-electron chi connectivity index (χ4n) is 3.35. The summed E-state index contributed by atoms with van der Waals surface area (Å²) in [5, 5.41) is 0. The SMILES string of the molecule is COc1ccc2c3c1CN(C)CC3CCC2. The van der Waals surface area contributed by atoms with Crippen LogP contribution in [-0.4, -0.2) is 25.6 Å². The van der Waals surface area contributed by atoms with Crippen LogP contribution in [0.15, 0.2) is 12.1 Å². The first-order valence-corrected chi connectivity index (χ1v) is 6.17. The van der Waals surface area contributed by atoms with Crippen LogP contribution in [0.25, 0.3) is 0 Å². The number of benzene rings is 1. The fraction of sp³-hybridized carbons (Fsp3) is 0.571. The van der Waals surface area contributed by atoms with Gasteiger partial charge in [-0.25, -0.2) is 0 Å². The fourth-order valence-corrected chi connectivity index (χ4v) is 3.35. The molecule has 2 nitrogen and oxygen atoms in total. The minimum Gasteiger partial charge on any atom is -0.496 e. The Morgan fingerprint density at radius 1 is 1.38 bits per heavy atom. The number of rotatable bonds is 1. The Kier molecular flexibility index (Phi) is 2.40. The smallest absolute Gasteiger partial charge is 0.123 e. The molecule has 1 atom stereocenters. The largest absolute Gasteiger partial charge is 0.496 e. The van der Waals surface area contributed by atoms with Gasteiger partial charge in [0.1, 0.15) is 5.75 Å². The standard InChI is InChI=1S/C14H19NO/c1-15-8-11-5-3-4-10-6-7-13(16-2)12(9-15)14(10)11/h6-7,11H,3-5,8-9H2,1-2H3. The molecule has 0 radical (unpaired) electrons. The molecule has 0 fully saturated rings. The van der Waals surface area contributed by atoms with Crippen LogP contribution < -0.4 is 4.74 Å². The van der Waals surface area contributed by atoms with Gasteiger partial charge in [-0.2, -0.15) is 0 Å². The zero-order valence-corrected chi connectivity index (χ0v) is 10.1. The van der Waals surface area contributed by atoms with Gasteiger partial charge < -0.3 is 9.64 Å². The molecule has 0 saturated carbocycles. The van der Waals surface area contributed by atoms with E-state index in [1.54, 1.807) is 18.2 Å². The normalized spacial score (nSPS) is 24.0. The lowest BCUT2D eigenvalue weighted by atomic mass is 9.77. The average molecular weight is 217 g/mol. The summed E-state index contributed by atoms with van der Waals surface area (Å²) in [4.78, 5) is 2.42. The number of likely N-dealkylation sites (N-methyl/N-ethyl adjacent to an activating group) is 1. The van der Waals surface area contributed by atoms with Crippen LogP contribution in [0, 0.1) is 0 Å². The predicted octanol–water partition coefficient (Wildman–Crippen LogP) is 2.56. The third-order valence-electron chi connectivity index (χ3n) is 3.99. The summed E-state index contributed by atoms with van der Waals surface area (Å²) in [7, 11) is 3.99. The van der Waals surface area contributed by atoms with Gasteiger partial charge in [0.05, 0.1) is 7.11 Å². The third-order valence-corrected chi connectivity index (χ3v) is 3.99. The molecule has 1 aromatic rings. The summed E-state index contributed by atoms with van der Waals surface area (Å²) in [6.07, 6.45) is 3.95. The van der Waals surface area contributed by atoms with Crippen LogP contribution in [0.5, 0.6) is 5.75 Å². The molecule has 1 aliphatic carbocycles. The zero-order valence-electron chi connectivity index (χ0n) is 10.1. The van der Waals surface area contributed by atoms with Crippen LogP contribution in [-0.2, 0) is 13.0 Å². The van der Waals surface area contributed by atoms with Gasteiger partial charge in [-0.1, -0.05) is 6.07 Å². The van der Waals surface area contributed by atoms with Crippen molar-refractivity contribution in [2.45, 2.75) is 31.7 Å². The summed E-state index contributed by atoms with van der Waals surface area (Å²) < 4.78 is 5.51. The number of aryl methyl sites for hydroxylation is 1. The second-order valence-corrected chi connectivity index (χ2v) is 5.11. The highest BCUT2D eigenvalue weighted by atomic mass is 16.5. The summed E-state index contributed by atoms with van der Waals surface area (Å²) >= 11 is 0. The second-order valence-electron chi connectivity index (χ2n) is 5.11. The summed E-state index contributed by atoms with van der Waals surface area (Å²) in [6.45, 7) is 2.26. The molecular weight excluding hydrogens is 198 g/mol. The first kappa shape index (κ1) is 10.2. The molecule has 0 N–H and O–H groups in total. The van der Waals surface area contributed by atoms with Crippen molar-refractivity contribution in [2.24, 2.45) is 0 Å². The Morgan fingerprint density at radius 3 is 3.06 bits per heavy atom. The number of methoxy groups -OCH3 is 1. The van der Waals surface area contributed by atoms with E-state index >= 15 is 0 Å². The number of ether oxygens (including phenoxy) is 1. The highest BCUT2D eigenvalue weighted by Gasteiger charge is 2.30. The predicted molar refractivity (Wildman–Crippen MR) is 65.0 cm³/mol. The number of nitrogens with zero attached hydrogens (tertiary/aromatic N) is 1. The lowest BCUT2D eigenvalue weighted by molar-refractivity contribution is 0.259. The topological polar surface area (TPSA) is 12.5 Å². The molecule has 0 amide bonds. The van der Waals surface area contributed by atoms with Crippen molar-refractivity contribution in [3.05, 3.63) is 28.8 Å². The van der Waals surface area contributed by atoms with Gasteiger partial charge >= 0.3 is 0 Å². The summed E-state index contributed by atoms with van der Waals surface area (Å²) in [5.74, 6) is 1.82. The third kappa shape index (κ3) is 1.44. The molecule has 0 saturated heterocycles. The quantitative estimate of drug-likeness (QED) is 0.717. The van der Waals surface area contributed by atoms with E-state index in [1.807, 2.05) is 0 Å². The van der Waals surface area contributed by atoms with Gasteiger partial charge in [-0.05, 0) is 49.4 Å². The Morgan fingerprint density at radius 2 is 2.25 bits per heavy atom. The Bertz CT molecular complexity index is 413. The van der Waals surface area contributed by atoms with E-state index < -0.39 is 0 Å². The van der Waals surface area contributed by atoms with Crippen LogP contribution >= 0.6 is 0 Å². The maximum absolute atomic E-state index is 5.51. The van der Waals surface area contributed by atoms with Crippen molar-refractivity contribution in [3.63, 3.8) is 0 Å². The van der Waals surface area contributed by atoms with Gasteiger partial charge in [0, 0.05) is 18.7 Å². The van der Waals surface area contributed by atoms with Crippen molar-refractivity contribution in [1.82, 2.24) is 4.90 Å². The minimum atomic E-state index is 0.743. The van der Waals surface area contributed by atoms with E-state index in [1.165, 1.54) is 31.4 Å². The Labute approximate surface area is 97.2 Å². The van der Waals surface area contributed by atoms with E-state index in [2.05, 4.69) is 24.1 Å². The molecule has 1 heterocycles. The van der Waals surface area contributed by atoms with E-state index in [0.29, 0.717) is 0 Å². The van der Waals surface area contributed by atoms with Crippen molar-refractivity contribution >= 4 is 0 Å². The molecule has 2 aliphatic rings. The highest BCUT2D eigenvalue weighted by molar-refractivity contribution is 5.49. The monoisotopic (exact) mass is 217 g/mol. The Balaban J connectivity index is 2.17. The maximum atomic E-state index is 5.51. The van der Waals surface area contributed by atoms with Crippen molar-refractivity contribution in [2.75, 3.05) is 20.7 Å². The van der Waals surface area contributed by atoms with Crippen molar-refractivity contribution in [1.29, 1.82) is 0 Å². The molecule has 1 unspecified atom stereocenters. The first-order chi connectivity index (χ1) is 7.79. The molecule has 1 aromatic carbocycles. The number of hydrogen-bond donors (Lipinski definition) is 0. The van der Waals surface area contributed by atoms with Gasteiger partial charge in [-0.15, -0.1) is 0 Å². The summed E-state index contributed by atoms with van der Waals surface area (Å²) in [6, 6.07) is 4.42. The lowest BCUT2D eigenvalue weighted by Crippen LogP contribution is -2.33. The molecule has 0 spiro atoms. The van der Waals surface area contributed by atoms with Gasteiger partial charge in [-0.3, -0.25) is 0 Å². The average Bonchev–Trinajstić information content (AvgIpc) is 2.29.